The molecule has 2 atom stereocenters. The molecule has 1 fully saturated rings. The molecule has 0 radical (unpaired) electrons. The van der Waals surface area contributed by atoms with Gasteiger partial charge in [0.2, 0.25) is 0 Å². The van der Waals surface area contributed by atoms with E-state index in [0.29, 0.717) is 17.5 Å². The number of nitrogens with one attached hydrogen (secondary N) is 1. The van der Waals surface area contributed by atoms with Crippen LogP contribution < -0.4 is 5.32 Å². The van der Waals surface area contributed by atoms with Crippen molar-refractivity contribution in [2.24, 2.45) is 5.41 Å². The summed E-state index contributed by atoms with van der Waals surface area (Å²) in [4.78, 5) is 2.62. The molecule has 3 heteroatoms. The fourth-order valence-corrected chi connectivity index (χ4v) is 2.74. The second kappa shape index (κ2) is 6.10. The monoisotopic (exact) mass is 264 g/mol. The van der Waals surface area contributed by atoms with Crippen LogP contribution in [-0.2, 0) is 6.42 Å². The highest BCUT2D eigenvalue weighted by atomic mass is 16.3. The maximum absolute atomic E-state index is 5.42. The molecule has 1 aliphatic heterocycles. The molecule has 0 saturated carbocycles. The van der Waals surface area contributed by atoms with Gasteiger partial charge in [0.05, 0.1) is 6.26 Å². The number of furan rings is 1. The van der Waals surface area contributed by atoms with Gasteiger partial charge in [-0.25, -0.2) is 0 Å². The smallest absolute Gasteiger partial charge is 0.103 e. The van der Waals surface area contributed by atoms with Gasteiger partial charge in [0.25, 0.3) is 0 Å². The standard InChI is InChI=1S/C16H28N2O/c1-13(7-8-14-6-5-11-19-14)18-10-9-17-15(12-18)16(2,3)4/h5-6,11,13,15,17H,7-10,12H2,1-4H3. The van der Waals surface area contributed by atoms with Gasteiger partial charge in [0, 0.05) is 38.1 Å². The van der Waals surface area contributed by atoms with E-state index in [1.807, 2.05) is 6.07 Å². The zero-order valence-electron chi connectivity index (χ0n) is 12.8. The lowest BCUT2D eigenvalue weighted by Crippen LogP contribution is -2.57. The molecule has 0 amide bonds. The third-order valence-corrected chi connectivity index (χ3v) is 4.26. The van der Waals surface area contributed by atoms with E-state index in [9.17, 15) is 0 Å². The van der Waals surface area contributed by atoms with Crippen LogP contribution in [0.15, 0.2) is 22.8 Å². The van der Waals surface area contributed by atoms with Crippen LogP contribution in [0.4, 0.5) is 0 Å². The molecule has 2 heterocycles. The summed E-state index contributed by atoms with van der Waals surface area (Å²) in [5.74, 6) is 1.11. The van der Waals surface area contributed by atoms with Gasteiger partial charge < -0.3 is 9.73 Å². The molecule has 1 saturated heterocycles. The molecule has 1 N–H and O–H groups in total. The predicted molar refractivity (Wildman–Crippen MR) is 79.3 cm³/mol. The maximum Gasteiger partial charge on any atom is 0.103 e. The maximum atomic E-state index is 5.42. The van der Waals surface area contributed by atoms with Crippen LogP contribution in [0.3, 0.4) is 0 Å². The van der Waals surface area contributed by atoms with E-state index in [1.165, 1.54) is 6.42 Å². The average molecular weight is 264 g/mol. The van der Waals surface area contributed by atoms with E-state index in [2.05, 4.69) is 44.0 Å². The Morgan fingerprint density at radius 1 is 1.47 bits per heavy atom. The highest BCUT2D eigenvalue weighted by molar-refractivity contribution is 4.99. The molecule has 1 aromatic rings. The van der Waals surface area contributed by atoms with Gasteiger partial charge in [-0.1, -0.05) is 20.8 Å². The lowest BCUT2D eigenvalue weighted by Gasteiger charge is -2.43. The highest BCUT2D eigenvalue weighted by Crippen LogP contribution is 2.23. The van der Waals surface area contributed by atoms with Gasteiger partial charge in [0.15, 0.2) is 0 Å². The van der Waals surface area contributed by atoms with Gasteiger partial charge in [-0.05, 0) is 30.9 Å². The summed E-state index contributed by atoms with van der Waals surface area (Å²) < 4.78 is 5.42. The summed E-state index contributed by atoms with van der Waals surface area (Å²) in [6, 6.07) is 5.26. The summed E-state index contributed by atoms with van der Waals surface area (Å²) in [5.41, 5.74) is 0.333. The van der Waals surface area contributed by atoms with E-state index in [-0.39, 0.29) is 0 Å². The van der Waals surface area contributed by atoms with Crippen molar-refractivity contribution in [2.45, 2.75) is 52.6 Å². The SMILES string of the molecule is CC(CCc1ccco1)N1CCNC(C(C)(C)C)C1. The minimum atomic E-state index is 0.333. The highest BCUT2D eigenvalue weighted by Gasteiger charge is 2.30. The Kier molecular flexibility index (Phi) is 4.69. The number of hydrogen-bond acceptors (Lipinski definition) is 3. The summed E-state index contributed by atoms with van der Waals surface area (Å²) in [5, 5.41) is 3.65. The minimum absolute atomic E-state index is 0.333. The fourth-order valence-electron chi connectivity index (χ4n) is 2.74. The largest absolute Gasteiger partial charge is 0.469 e. The molecule has 1 aromatic heterocycles. The Balaban J connectivity index is 1.83. The first kappa shape index (κ1) is 14.6. The van der Waals surface area contributed by atoms with Gasteiger partial charge in [-0.15, -0.1) is 0 Å². The van der Waals surface area contributed by atoms with Crippen LogP contribution in [0.1, 0.15) is 39.9 Å². The van der Waals surface area contributed by atoms with Crippen molar-refractivity contribution in [1.82, 2.24) is 10.2 Å². The molecule has 2 unspecified atom stereocenters. The van der Waals surface area contributed by atoms with Gasteiger partial charge >= 0.3 is 0 Å². The molecule has 108 valence electrons. The topological polar surface area (TPSA) is 28.4 Å². The zero-order chi connectivity index (χ0) is 13.9. The normalized spacial score (nSPS) is 23.5. The van der Waals surface area contributed by atoms with Gasteiger partial charge in [0.1, 0.15) is 5.76 Å². The fraction of sp³-hybridized carbons (Fsp3) is 0.750. The Labute approximate surface area is 117 Å². The van der Waals surface area contributed by atoms with Crippen LogP contribution in [0.25, 0.3) is 0 Å². The Bertz CT molecular complexity index is 367. The van der Waals surface area contributed by atoms with Crippen molar-refractivity contribution in [3.63, 3.8) is 0 Å². The second-order valence-electron chi connectivity index (χ2n) is 6.83. The molecule has 0 bridgehead atoms. The van der Waals surface area contributed by atoms with Crippen LogP contribution in [0.5, 0.6) is 0 Å². The predicted octanol–water partition coefficient (Wildman–Crippen LogP) is 2.92. The number of rotatable bonds is 4. The lowest BCUT2D eigenvalue weighted by molar-refractivity contribution is 0.100. The molecule has 0 aliphatic carbocycles. The molecular weight excluding hydrogens is 236 g/mol. The van der Waals surface area contributed by atoms with Crippen LogP contribution in [0, 0.1) is 5.41 Å². The van der Waals surface area contributed by atoms with Crippen molar-refractivity contribution in [2.75, 3.05) is 19.6 Å². The van der Waals surface area contributed by atoms with Crippen LogP contribution >= 0.6 is 0 Å². The van der Waals surface area contributed by atoms with Crippen molar-refractivity contribution >= 4 is 0 Å². The third-order valence-electron chi connectivity index (χ3n) is 4.26. The lowest BCUT2D eigenvalue weighted by atomic mass is 9.85. The van der Waals surface area contributed by atoms with Crippen molar-refractivity contribution < 1.29 is 4.42 Å². The molecule has 19 heavy (non-hydrogen) atoms. The number of nitrogens with zero attached hydrogens (tertiary/aromatic N) is 1. The third kappa shape index (κ3) is 4.08. The van der Waals surface area contributed by atoms with E-state index in [0.717, 1.165) is 31.8 Å². The van der Waals surface area contributed by atoms with E-state index in [4.69, 9.17) is 4.42 Å². The van der Waals surface area contributed by atoms with Gasteiger partial charge in [-0.2, -0.15) is 0 Å². The molecule has 0 aromatic carbocycles. The first-order valence-electron chi connectivity index (χ1n) is 7.46. The van der Waals surface area contributed by atoms with E-state index >= 15 is 0 Å². The minimum Gasteiger partial charge on any atom is -0.469 e. The number of aryl methyl sites for hydroxylation is 1. The Morgan fingerprint density at radius 2 is 2.26 bits per heavy atom. The molecular formula is C16H28N2O. The first-order chi connectivity index (χ1) is 8.97. The van der Waals surface area contributed by atoms with Gasteiger partial charge in [-0.3, -0.25) is 4.90 Å². The van der Waals surface area contributed by atoms with E-state index < -0.39 is 0 Å². The van der Waals surface area contributed by atoms with Crippen molar-refractivity contribution in [3.05, 3.63) is 24.2 Å². The average Bonchev–Trinajstić information content (AvgIpc) is 2.88. The Hall–Kier alpha value is -0.800. The second-order valence-corrected chi connectivity index (χ2v) is 6.83. The molecule has 3 nitrogen and oxygen atoms in total. The van der Waals surface area contributed by atoms with Crippen LogP contribution in [-0.4, -0.2) is 36.6 Å². The van der Waals surface area contributed by atoms with Crippen molar-refractivity contribution in [1.29, 1.82) is 0 Å². The zero-order valence-corrected chi connectivity index (χ0v) is 12.8. The summed E-state index contributed by atoms with van der Waals surface area (Å²) in [6.45, 7) is 12.7. The molecule has 2 rings (SSSR count). The molecule has 0 spiro atoms. The van der Waals surface area contributed by atoms with E-state index in [1.54, 1.807) is 6.26 Å². The summed E-state index contributed by atoms with van der Waals surface area (Å²) >= 11 is 0. The number of hydrogen-bond donors (Lipinski definition) is 1. The molecule has 1 aliphatic rings. The number of piperazine rings is 1. The van der Waals surface area contributed by atoms with Crippen LogP contribution in [0.2, 0.25) is 0 Å². The van der Waals surface area contributed by atoms with Crippen molar-refractivity contribution in [3.8, 4) is 0 Å². The quantitative estimate of drug-likeness (QED) is 0.906. The summed E-state index contributed by atoms with van der Waals surface area (Å²) in [6.07, 6.45) is 3.98. The Morgan fingerprint density at radius 3 is 2.89 bits per heavy atom. The first-order valence-corrected chi connectivity index (χ1v) is 7.46. The summed E-state index contributed by atoms with van der Waals surface area (Å²) in [7, 11) is 0.